The predicted molar refractivity (Wildman–Crippen MR) is 156 cm³/mol. The first-order valence-electron chi connectivity index (χ1n) is 15.3. The fourth-order valence-electron chi connectivity index (χ4n) is 5.94. The number of nitrogens with zero attached hydrogens (tertiary/aromatic N) is 2. The van der Waals surface area contributed by atoms with Crippen molar-refractivity contribution in [3.8, 4) is 0 Å². The van der Waals surface area contributed by atoms with E-state index in [0.717, 1.165) is 13.1 Å². The van der Waals surface area contributed by atoms with E-state index in [1.807, 2.05) is 0 Å². The molecule has 194 valence electrons. The number of rotatable bonds is 18. The van der Waals surface area contributed by atoms with Gasteiger partial charge in [0.25, 0.3) is 0 Å². The molecule has 0 spiro atoms. The maximum atomic E-state index is 2.43. The molecule has 0 atom stereocenters. The van der Waals surface area contributed by atoms with E-state index < -0.39 is 0 Å². The van der Waals surface area contributed by atoms with Crippen molar-refractivity contribution in [1.29, 1.82) is 0 Å². The van der Waals surface area contributed by atoms with Gasteiger partial charge in [-0.1, -0.05) is 90.9 Å². The Morgan fingerprint density at radius 1 is 0.389 bits per heavy atom. The molecule has 0 saturated heterocycles. The number of hydrogen-bond acceptors (Lipinski definition) is 0. The van der Waals surface area contributed by atoms with Crippen LogP contribution in [0.1, 0.15) is 117 Å². The smallest absolute Gasteiger partial charge is 0.176 e. The summed E-state index contributed by atoms with van der Waals surface area (Å²) < 4.78 is 4.86. The molecule has 0 aliphatic carbocycles. The molecule has 36 heavy (non-hydrogen) atoms. The van der Waals surface area contributed by atoms with E-state index in [4.69, 9.17) is 0 Å². The average molecular weight is 487 g/mol. The zero-order valence-corrected chi connectivity index (χ0v) is 23.2. The summed E-state index contributed by atoms with van der Waals surface area (Å²) in [6, 6.07) is 9.37. The van der Waals surface area contributed by atoms with Crippen LogP contribution in [0.25, 0.3) is 32.3 Å². The second-order valence-electron chi connectivity index (χ2n) is 11.2. The molecule has 0 saturated carbocycles. The lowest BCUT2D eigenvalue weighted by molar-refractivity contribution is -0.695. The molecular formula is C34H50N2+2. The van der Waals surface area contributed by atoms with E-state index in [9.17, 15) is 0 Å². The van der Waals surface area contributed by atoms with Crippen LogP contribution in [0.15, 0.2) is 49.1 Å². The Morgan fingerprint density at radius 3 is 0.972 bits per heavy atom. The second kappa shape index (κ2) is 14.5. The van der Waals surface area contributed by atoms with Crippen LogP contribution in [0.3, 0.4) is 0 Å². The normalized spacial score (nSPS) is 11.9. The zero-order valence-electron chi connectivity index (χ0n) is 23.2. The highest BCUT2D eigenvalue weighted by atomic mass is 14.9. The summed E-state index contributed by atoms with van der Waals surface area (Å²) in [4.78, 5) is 0. The van der Waals surface area contributed by atoms with Crippen molar-refractivity contribution in [3.05, 3.63) is 49.1 Å². The Morgan fingerprint density at radius 2 is 0.667 bits per heavy atom. The minimum atomic E-state index is 1.13. The van der Waals surface area contributed by atoms with Crippen LogP contribution >= 0.6 is 0 Å². The largest absolute Gasteiger partial charge is 0.204 e. The van der Waals surface area contributed by atoms with Crippen molar-refractivity contribution in [3.63, 3.8) is 0 Å². The number of hydrogen-bond donors (Lipinski definition) is 0. The summed E-state index contributed by atoms with van der Waals surface area (Å²) in [5.41, 5.74) is 0. The molecule has 0 aliphatic heterocycles. The zero-order chi connectivity index (χ0) is 25.0. The van der Waals surface area contributed by atoms with E-state index in [0.29, 0.717) is 0 Å². The summed E-state index contributed by atoms with van der Waals surface area (Å²) in [6.45, 7) is 6.84. The Hall–Kier alpha value is -2.22. The molecule has 2 aromatic heterocycles. The summed E-state index contributed by atoms with van der Waals surface area (Å²) in [6.07, 6.45) is 31.5. The maximum absolute atomic E-state index is 2.43. The van der Waals surface area contributed by atoms with Crippen LogP contribution in [0.4, 0.5) is 0 Å². The molecule has 0 aliphatic rings. The van der Waals surface area contributed by atoms with E-state index in [2.05, 4.69) is 72.0 Å². The number of benzene rings is 2. The van der Waals surface area contributed by atoms with Crippen LogP contribution in [-0.4, -0.2) is 0 Å². The summed E-state index contributed by atoms with van der Waals surface area (Å²) in [5, 5.41) is 8.40. The molecule has 4 rings (SSSR count). The third-order valence-electron chi connectivity index (χ3n) is 8.05. The number of pyridine rings is 2. The minimum absolute atomic E-state index is 1.13. The molecule has 0 fully saturated rings. The summed E-state index contributed by atoms with van der Waals surface area (Å²) in [7, 11) is 0. The molecule has 2 nitrogen and oxygen atoms in total. The van der Waals surface area contributed by atoms with Gasteiger partial charge < -0.3 is 0 Å². The molecule has 0 N–H and O–H groups in total. The van der Waals surface area contributed by atoms with Gasteiger partial charge in [-0.05, 0) is 37.1 Å². The highest BCUT2D eigenvalue weighted by Gasteiger charge is 2.16. The third-order valence-corrected chi connectivity index (χ3v) is 8.05. The van der Waals surface area contributed by atoms with E-state index >= 15 is 0 Å². The van der Waals surface area contributed by atoms with Crippen LogP contribution in [0.2, 0.25) is 0 Å². The Labute approximate surface area is 220 Å². The van der Waals surface area contributed by atoms with Crippen molar-refractivity contribution in [2.75, 3.05) is 0 Å². The first kappa shape index (κ1) is 26.8. The monoisotopic (exact) mass is 486 g/mol. The lowest BCUT2D eigenvalue weighted by Gasteiger charge is -2.09. The second-order valence-corrected chi connectivity index (χ2v) is 11.2. The lowest BCUT2D eigenvalue weighted by Crippen LogP contribution is -2.33. The maximum Gasteiger partial charge on any atom is 0.176 e. The molecule has 4 aromatic rings. The highest BCUT2D eigenvalue weighted by molar-refractivity contribution is 6.21. The van der Waals surface area contributed by atoms with Gasteiger partial charge in [-0.15, -0.1) is 0 Å². The first-order chi connectivity index (χ1) is 17.8. The van der Waals surface area contributed by atoms with E-state index in [-0.39, 0.29) is 0 Å². The van der Waals surface area contributed by atoms with E-state index in [1.54, 1.807) is 0 Å². The van der Waals surface area contributed by atoms with Crippen molar-refractivity contribution < 1.29 is 9.13 Å². The number of aromatic nitrogens is 2. The van der Waals surface area contributed by atoms with Crippen LogP contribution in [-0.2, 0) is 13.1 Å². The standard InChI is InChI=1S/C34H50N2/c1-3-5-7-9-11-13-15-17-23-35-25-29-19-21-31-27-36(24-18-16-14-12-10-8-6-4-2)28-32-22-20-30(26-35)33(29)34(31)32/h19-22,25-28H,3-18,23-24H2,1-2H3/q+2. The molecule has 2 heteroatoms. The minimum Gasteiger partial charge on any atom is -0.204 e. The SMILES string of the molecule is CCCCCCCCCC[n+]1cc2ccc3c[n+](CCCCCCCCCC)cc4ccc(c1)c2c34. The topological polar surface area (TPSA) is 7.76 Å². The molecule has 0 amide bonds. The van der Waals surface area contributed by atoms with Crippen molar-refractivity contribution in [2.45, 2.75) is 130 Å². The van der Waals surface area contributed by atoms with Gasteiger partial charge in [-0.2, -0.15) is 0 Å². The number of aryl methyl sites for hydroxylation is 2. The van der Waals surface area contributed by atoms with Gasteiger partial charge in [-0.3, -0.25) is 0 Å². The first-order valence-corrected chi connectivity index (χ1v) is 15.3. The Kier molecular flexibility index (Phi) is 10.8. The van der Waals surface area contributed by atoms with Gasteiger partial charge in [0.2, 0.25) is 0 Å². The van der Waals surface area contributed by atoms with Crippen molar-refractivity contribution in [1.82, 2.24) is 0 Å². The quantitative estimate of drug-likeness (QED) is 0.0751. The Bertz CT molecular complexity index is 1020. The van der Waals surface area contributed by atoms with Gasteiger partial charge in [-0.25, -0.2) is 9.13 Å². The van der Waals surface area contributed by atoms with E-state index in [1.165, 1.54) is 135 Å². The third kappa shape index (κ3) is 7.40. The Balaban J connectivity index is 1.34. The molecule has 2 aromatic carbocycles. The van der Waals surface area contributed by atoms with Gasteiger partial charge in [0.15, 0.2) is 24.8 Å². The van der Waals surface area contributed by atoms with Crippen LogP contribution in [0, 0.1) is 0 Å². The van der Waals surface area contributed by atoms with Gasteiger partial charge in [0, 0.05) is 45.2 Å². The molecule has 2 heterocycles. The lowest BCUT2D eigenvalue weighted by atomic mass is 9.97. The molecule has 0 radical (unpaired) electrons. The molecule has 0 bridgehead atoms. The van der Waals surface area contributed by atoms with Crippen molar-refractivity contribution >= 4 is 32.3 Å². The van der Waals surface area contributed by atoms with Crippen molar-refractivity contribution in [2.24, 2.45) is 0 Å². The average Bonchev–Trinajstić information content (AvgIpc) is 2.90. The summed E-state index contributed by atoms with van der Waals surface area (Å²) in [5.74, 6) is 0. The van der Waals surface area contributed by atoms with Gasteiger partial charge >= 0.3 is 0 Å². The molecule has 0 unspecified atom stereocenters. The van der Waals surface area contributed by atoms with Gasteiger partial charge in [0.1, 0.15) is 13.1 Å². The predicted octanol–water partition coefficient (Wildman–Crippen LogP) is 9.44. The van der Waals surface area contributed by atoms with Crippen LogP contribution < -0.4 is 9.13 Å². The fourth-order valence-corrected chi connectivity index (χ4v) is 5.94. The van der Waals surface area contributed by atoms with Gasteiger partial charge in [0.05, 0.1) is 0 Å². The summed E-state index contributed by atoms with van der Waals surface area (Å²) >= 11 is 0. The number of unbranched alkanes of at least 4 members (excludes halogenated alkanes) is 14. The molecular weight excluding hydrogens is 436 g/mol. The fraction of sp³-hybridized carbons (Fsp3) is 0.588. The highest BCUT2D eigenvalue weighted by Crippen LogP contribution is 2.32. The van der Waals surface area contributed by atoms with Crippen LogP contribution in [0.5, 0.6) is 0 Å².